The van der Waals surface area contributed by atoms with Gasteiger partial charge in [0.25, 0.3) is 0 Å². The molecule has 0 amide bonds. The van der Waals surface area contributed by atoms with E-state index in [4.69, 9.17) is 0 Å². The first kappa shape index (κ1) is 25.0. The molecule has 0 heterocycles. The summed E-state index contributed by atoms with van der Waals surface area (Å²) in [5.74, 6) is 5.68. The number of rotatable bonds is 10. The lowest BCUT2D eigenvalue weighted by Crippen LogP contribution is -2.30. The molecule has 0 aliphatic heterocycles. The highest BCUT2D eigenvalue weighted by molar-refractivity contribution is 5.30. The minimum absolute atomic E-state index is 0.271. The summed E-state index contributed by atoms with van der Waals surface area (Å²) in [4.78, 5) is 0. The molecule has 4 unspecified atom stereocenters. The van der Waals surface area contributed by atoms with E-state index in [1.807, 2.05) is 12.1 Å². The van der Waals surface area contributed by atoms with E-state index in [1.54, 1.807) is 12.1 Å². The number of halogens is 2. The highest BCUT2D eigenvalue weighted by Crippen LogP contribution is 2.49. The van der Waals surface area contributed by atoms with E-state index >= 15 is 0 Å². The van der Waals surface area contributed by atoms with Gasteiger partial charge < -0.3 is 4.74 Å². The van der Waals surface area contributed by atoms with Gasteiger partial charge in [-0.1, -0.05) is 89.7 Å². The summed E-state index contributed by atoms with van der Waals surface area (Å²) < 4.78 is 29.3. The van der Waals surface area contributed by atoms with Crippen molar-refractivity contribution in [3.63, 3.8) is 0 Å². The van der Waals surface area contributed by atoms with Crippen molar-refractivity contribution in [2.24, 2.45) is 29.6 Å². The van der Waals surface area contributed by atoms with Gasteiger partial charge >= 0.3 is 6.61 Å². The van der Waals surface area contributed by atoms with Gasteiger partial charge in [-0.15, -0.1) is 0 Å². The van der Waals surface area contributed by atoms with E-state index in [2.05, 4.69) is 11.7 Å². The van der Waals surface area contributed by atoms with Crippen molar-refractivity contribution in [2.45, 2.75) is 122 Å². The van der Waals surface area contributed by atoms with E-state index in [9.17, 15) is 8.78 Å². The zero-order chi connectivity index (χ0) is 23.0. The Morgan fingerprint density at radius 3 is 2.03 bits per heavy atom. The number of unbranched alkanes of at least 4 members (excludes halogenated alkanes) is 2. The van der Waals surface area contributed by atoms with Crippen molar-refractivity contribution in [2.75, 3.05) is 0 Å². The normalized spacial score (nSPS) is 32.5. The Hall–Kier alpha value is -1.12. The van der Waals surface area contributed by atoms with Crippen molar-refractivity contribution in [3.05, 3.63) is 29.8 Å². The van der Waals surface area contributed by atoms with Crippen molar-refractivity contribution in [1.29, 1.82) is 0 Å². The highest BCUT2D eigenvalue weighted by atomic mass is 19.3. The lowest BCUT2D eigenvalue weighted by Gasteiger charge is -2.43. The topological polar surface area (TPSA) is 9.23 Å². The molecule has 186 valence electrons. The fourth-order valence-corrected chi connectivity index (χ4v) is 7.44. The van der Waals surface area contributed by atoms with Crippen LogP contribution < -0.4 is 4.74 Å². The molecule has 3 fully saturated rings. The number of hydrogen-bond acceptors (Lipinski definition) is 1. The van der Waals surface area contributed by atoms with Crippen LogP contribution in [0.4, 0.5) is 8.78 Å². The van der Waals surface area contributed by atoms with E-state index in [0.29, 0.717) is 5.92 Å². The van der Waals surface area contributed by atoms with Crippen LogP contribution in [0.25, 0.3) is 0 Å². The van der Waals surface area contributed by atoms with Gasteiger partial charge in [-0.25, -0.2) is 0 Å². The fourth-order valence-electron chi connectivity index (χ4n) is 7.44. The maximum absolute atomic E-state index is 12.4. The van der Waals surface area contributed by atoms with Crippen LogP contribution in [0.2, 0.25) is 0 Å². The molecular weight excluding hydrogens is 414 g/mol. The molecule has 0 bridgehead atoms. The molecule has 0 saturated heterocycles. The third kappa shape index (κ3) is 7.43. The Morgan fingerprint density at radius 1 is 0.727 bits per heavy atom. The molecule has 4 atom stereocenters. The van der Waals surface area contributed by atoms with Gasteiger partial charge in [0.2, 0.25) is 0 Å². The van der Waals surface area contributed by atoms with Crippen LogP contribution in [0.1, 0.15) is 121 Å². The van der Waals surface area contributed by atoms with Crippen LogP contribution in [0.5, 0.6) is 5.75 Å². The average Bonchev–Trinajstić information content (AvgIpc) is 2.83. The molecule has 1 aromatic carbocycles. The first-order valence-corrected chi connectivity index (χ1v) is 14.2. The standard InChI is InChI=1S/C30H46F2O/c1-2-3-4-5-22-6-8-23(9-7-22)10-11-24-12-13-28-21-27(15-14-26(28)20-24)25-16-18-29(19-17-25)33-30(31)32/h16-19,22-24,26-28,30H,2-15,20-21H2,1H3. The third-order valence-electron chi connectivity index (χ3n) is 9.46. The molecule has 0 N–H and O–H groups in total. The van der Waals surface area contributed by atoms with E-state index in [1.165, 1.54) is 108 Å². The van der Waals surface area contributed by atoms with Crippen molar-refractivity contribution >= 4 is 0 Å². The van der Waals surface area contributed by atoms with Crippen LogP contribution in [-0.2, 0) is 0 Å². The molecule has 3 aliphatic rings. The summed E-state index contributed by atoms with van der Waals surface area (Å²) in [5.41, 5.74) is 1.31. The molecule has 3 saturated carbocycles. The average molecular weight is 461 g/mol. The number of ether oxygens (including phenoxy) is 1. The van der Waals surface area contributed by atoms with E-state index in [0.717, 1.165) is 29.6 Å². The number of hydrogen-bond donors (Lipinski definition) is 0. The number of alkyl halides is 2. The molecule has 0 spiro atoms. The maximum atomic E-state index is 12.4. The molecule has 3 aliphatic carbocycles. The van der Waals surface area contributed by atoms with Crippen LogP contribution >= 0.6 is 0 Å². The Balaban J connectivity index is 1.15. The van der Waals surface area contributed by atoms with Crippen LogP contribution in [0, 0.1) is 29.6 Å². The predicted octanol–water partition coefficient (Wildman–Crippen LogP) is 9.75. The second kappa shape index (κ2) is 12.5. The Labute approximate surface area is 201 Å². The predicted molar refractivity (Wildman–Crippen MR) is 133 cm³/mol. The summed E-state index contributed by atoms with van der Waals surface area (Å²) in [5, 5.41) is 0. The van der Waals surface area contributed by atoms with E-state index in [-0.39, 0.29) is 5.75 Å². The van der Waals surface area contributed by atoms with Crippen LogP contribution in [0.3, 0.4) is 0 Å². The summed E-state index contributed by atoms with van der Waals surface area (Å²) >= 11 is 0. The van der Waals surface area contributed by atoms with E-state index < -0.39 is 6.61 Å². The van der Waals surface area contributed by atoms with Crippen molar-refractivity contribution < 1.29 is 13.5 Å². The minimum Gasteiger partial charge on any atom is -0.435 e. The highest BCUT2D eigenvalue weighted by Gasteiger charge is 2.36. The Kier molecular flexibility index (Phi) is 9.50. The largest absolute Gasteiger partial charge is 0.435 e. The third-order valence-corrected chi connectivity index (χ3v) is 9.46. The molecule has 0 aromatic heterocycles. The smallest absolute Gasteiger partial charge is 0.387 e. The molecule has 4 rings (SSSR count). The Bertz CT molecular complexity index is 679. The van der Waals surface area contributed by atoms with Gasteiger partial charge in [0.15, 0.2) is 0 Å². The molecule has 0 radical (unpaired) electrons. The monoisotopic (exact) mass is 460 g/mol. The molecule has 33 heavy (non-hydrogen) atoms. The number of benzene rings is 1. The SMILES string of the molecule is CCCCCC1CCC(CCC2CCC3CC(c4ccc(OC(F)F)cc4)CCC3C2)CC1. The molecule has 1 aromatic rings. The van der Waals surface area contributed by atoms with Crippen molar-refractivity contribution in [1.82, 2.24) is 0 Å². The maximum Gasteiger partial charge on any atom is 0.387 e. The second-order valence-corrected chi connectivity index (χ2v) is 11.6. The van der Waals surface area contributed by atoms with Gasteiger partial charge in [0.1, 0.15) is 5.75 Å². The Morgan fingerprint density at radius 2 is 1.33 bits per heavy atom. The zero-order valence-corrected chi connectivity index (χ0v) is 20.8. The molecule has 1 nitrogen and oxygen atoms in total. The van der Waals surface area contributed by atoms with Crippen molar-refractivity contribution in [3.8, 4) is 5.75 Å². The fraction of sp³-hybridized carbons (Fsp3) is 0.800. The zero-order valence-electron chi connectivity index (χ0n) is 20.8. The van der Waals surface area contributed by atoms with Gasteiger partial charge in [-0.05, 0) is 85.3 Å². The van der Waals surface area contributed by atoms with Gasteiger partial charge in [0.05, 0.1) is 0 Å². The van der Waals surface area contributed by atoms with Gasteiger partial charge in [-0.2, -0.15) is 8.78 Å². The van der Waals surface area contributed by atoms with Gasteiger partial charge in [0, 0.05) is 0 Å². The van der Waals surface area contributed by atoms with Crippen LogP contribution in [-0.4, -0.2) is 6.61 Å². The lowest BCUT2D eigenvalue weighted by molar-refractivity contribution is -0.0498. The lowest BCUT2D eigenvalue weighted by atomic mass is 9.63. The van der Waals surface area contributed by atoms with Crippen LogP contribution in [0.15, 0.2) is 24.3 Å². The number of fused-ring (bicyclic) bond motifs is 1. The first-order chi connectivity index (χ1) is 16.1. The summed E-state index contributed by atoms with van der Waals surface area (Å²) in [6, 6.07) is 7.44. The summed E-state index contributed by atoms with van der Waals surface area (Å²) in [6.45, 7) is -0.433. The van der Waals surface area contributed by atoms with Gasteiger partial charge in [-0.3, -0.25) is 0 Å². The summed E-state index contributed by atoms with van der Waals surface area (Å²) in [7, 11) is 0. The summed E-state index contributed by atoms with van der Waals surface area (Å²) in [6.07, 6.45) is 22.9. The second-order valence-electron chi connectivity index (χ2n) is 11.6. The first-order valence-electron chi connectivity index (χ1n) is 14.2. The minimum atomic E-state index is -2.74. The molecule has 3 heteroatoms. The molecular formula is C30H46F2O. The quantitative estimate of drug-likeness (QED) is 0.316.